The van der Waals surface area contributed by atoms with E-state index in [0.29, 0.717) is 5.92 Å². The number of allylic oxidation sites excluding steroid dienone is 4. The molecule has 0 aliphatic heterocycles. The molecule has 0 aromatic heterocycles. The largest absolute Gasteiger partial charge is 0 e. The smallest absolute Gasteiger partial charge is 0 e. The SMILES string of the molecule is [CH3][Sn]([CH2]C1C=CC=C1)[c]1cccc2c1Cc1ccccc1-2.[Hf]. The van der Waals surface area contributed by atoms with Gasteiger partial charge in [-0.25, -0.2) is 0 Å². The molecule has 0 N–H and O–H groups in total. The zero-order valence-electron chi connectivity index (χ0n) is 12.8. The van der Waals surface area contributed by atoms with Crippen LogP contribution in [0.3, 0.4) is 0 Å². The molecule has 2 aliphatic rings. The molecule has 2 aromatic carbocycles. The first-order chi connectivity index (χ1) is 10.3. The maximum atomic E-state index is 2.57. The van der Waals surface area contributed by atoms with E-state index in [1.54, 1.807) is 9.14 Å². The molecule has 2 aromatic rings. The summed E-state index contributed by atoms with van der Waals surface area (Å²) in [6, 6.07) is 15.9. The summed E-state index contributed by atoms with van der Waals surface area (Å²) < 4.78 is 3.14. The Labute approximate surface area is 158 Å². The molecule has 0 spiro atoms. The van der Waals surface area contributed by atoms with Gasteiger partial charge < -0.3 is 0 Å². The Morgan fingerprint density at radius 1 is 0.955 bits per heavy atom. The fourth-order valence-corrected chi connectivity index (χ4v) is 10.3. The average Bonchev–Trinajstić information content (AvgIpc) is 3.13. The van der Waals surface area contributed by atoms with Gasteiger partial charge in [0.2, 0.25) is 0 Å². The summed E-state index contributed by atoms with van der Waals surface area (Å²) in [4.78, 5) is 2.57. The molecule has 0 nitrogen and oxygen atoms in total. The van der Waals surface area contributed by atoms with Crippen LogP contribution in [-0.2, 0) is 32.3 Å². The van der Waals surface area contributed by atoms with E-state index in [0.717, 1.165) is 6.42 Å². The van der Waals surface area contributed by atoms with Gasteiger partial charge in [-0.3, -0.25) is 0 Å². The molecule has 2 heteroatoms. The first kappa shape index (κ1) is 16.4. The van der Waals surface area contributed by atoms with Crippen molar-refractivity contribution in [3.05, 3.63) is 77.9 Å². The van der Waals surface area contributed by atoms with Crippen molar-refractivity contribution >= 4 is 23.3 Å². The van der Waals surface area contributed by atoms with Crippen molar-refractivity contribution in [1.29, 1.82) is 0 Å². The molecule has 0 heterocycles. The molecule has 0 fully saturated rings. The Kier molecular flexibility index (Phi) is 5.23. The van der Waals surface area contributed by atoms with Crippen LogP contribution in [0.4, 0.5) is 0 Å². The maximum Gasteiger partial charge on any atom is 0 e. The van der Waals surface area contributed by atoms with E-state index in [9.17, 15) is 0 Å². The van der Waals surface area contributed by atoms with Gasteiger partial charge >= 0.3 is 134 Å². The second kappa shape index (κ2) is 7.00. The molecular weight excluding hydrogens is 537 g/mol. The van der Waals surface area contributed by atoms with Crippen LogP contribution < -0.4 is 3.58 Å². The third-order valence-corrected chi connectivity index (χ3v) is 11.7. The van der Waals surface area contributed by atoms with Crippen molar-refractivity contribution in [2.75, 3.05) is 0 Å². The normalized spacial score (nSPS) is 15.0. The summed E-state index contributed by atoms with van der Waals surface area (Å²) in [7, 11) is 0. The molecule has 0 atom stereocenters. The molecule has 4 rings (SSSR count). The Balaban J connectivity index is 0.00000144. The monoisotopic (exact) mass is 559 g/mol. The minimum atomic E-state index is -1.51. The second-order valence-electron chi connectivity index (χ2n) is 6.08. The summed E-state index contributed by atoms with van der Waals surface area (Å²) in [6.07, 6.45) is 10.3. The van der Waals surface area contributed by atoms with Crippen molar-refractivity contribution in [2.45, 2.75) is 15.8 Å². The molecule has 2 aliphatic carbocycles. The van der Waals surface area contributed by atoms with Crippen LogP contribution in [0.15, 0.2) is 66.8 Å². The van der Waals surface area contributed by atoms with E-state index in [2.05, 4.69) is 71.7 Å². The summed E-state index contributed by atoms with van der Waals surface area (Å²) in [6.45, 7) is 0. The van der Waals surface area contributed by atoms with Crippen molar-refractivity contribution in [3.63, 3.8) is 0 Å². The molecule has 1 radical (unpaired) electrons. The first-order valence-corrected chi connectivity index (χ1v) is 14.0. The number of fused-ring (bicyclic) bond motifs is 3. The Morgan fingerprint density at radius 2 is 1.68 bits per heavy atom. The summed E-state index contributed by atoms with van der Waals surface area (Å²) >= 11 is -1.51. The van der Waals surface area contributed by atoms with E-state index in [1.807, 2.05) is 0 Å². The average molecular weight is 557 g/mol. The van der Waals surface area contributed by atoms with Crippen molar-refractivity contribution in [3.8, 4) is 11.1 Å². The fourth-order valence-electron chi connectivity index (χ4n) is 3.63. The minimum Gasteiger partial charge on any atom is 0 e. The molecule has 0 bridgehead atoms. The quantitative estimate of drug-likeness (QED) is 0.422. The third-order valence-electron chi connectivity index (χ3n) is 4.68. The molecule has 0 unspecified atom stereocenters. The van der Waals surface area contributed by atoms with Crippen LogP contribution in [0, 0.1) is 5.92 Å². The van der Waals surface area contributed by atoms with Crippen LogP contribution in [0.2, 0.25) is 9.38 Å². The van der Waals surface area contributed by atoms with Gasteiger partial charge in [-0.2, -0.15) is 0 Å². The topological polar surface area (TPSA) is 0 Å². The number of benzene rings is 2. The minimum absolute atomic E-state index is 0. The molecule has 107 valence electrons. The van der Waals surface area contributed by atoms with E-state index in [4.69, 9.17) is 0 Å². The molecule has 0 saturated carbocycles. The zero-order chi connectivity index (χ0) is 14.2. The van der Waals surface area contributed by atoms with Crippen LogP contribution >= 0.6 is 0 Å². The van der Waals surface area contributed by atoms with Gasteiger partial charge in [-0.15, -0.1) is 0 Å². The van der Waals surface area contributed by atoms with Gasteiger partial charge in [0.25, 0.3) is 0 Å². The van der Waals surface area contributed by atoms with Gasteiger partial charge in [0, 0.05) is 25.8 Å². The van der Waals surface area contributed by atoms with Crippen LogP contribution in [0.5, 0.6) is 0 Å². The summed E-state index contributed by atoms with van der Waals surface area (Å²) in [5, 5.41) is 0. The Hall–Kier alpha value is -0.411. The van der Waals surface area contributed by atoms with E-state index < -0.39 is 19.8 Å². The van der Waals surface area contributed by atoms with Crippen LogP contribution in [0.25, 0.3) is 11.1 Å². The number of hydrogen-bond acceptors (Lipinski definition) is 0. The maximum absolute atomic E-state index is 2.57. The molecular formula is C20H19HfSn. The van der Waals surface area contributed by atoms with Gasteiger partial charge in [0.15, 0.2) is 0 Å². The van der Waals surface area contributed by atoms with Crippen molar-refractivity contribution in [1.82, 2.24) is 0 Å². The molecule has 0 amide bonds. The van der Waals surface area contributed by atoms with Gasteiger partial charge in [0.1, 0.15) is 0 Å². The van der Waals surface area contributed by atoms with Gasteiger partial charge in [0.05, 0.1) is 0 Å². The second-order valence-corrected chi connectivity index (χ2v) is 13.2. The number of rotatable bonds is 3. The predicted octanol–water partition coefficient (Wildman–Crippen LogP) is 4.33. The standard InChI is InChI=1S/C13H9.C6H7.CH3.Hf.Sn/c1-3-7-12-10(5-1)9-11-6-2-4-8-13(11)12;1-6-4-2-3-5-6;;;/h1-5,7-8H,9H2;2-6H,1H2;1H3;;. The van der Waals surface area contributed by atoms with Crippen LogP contribution in [-0.4, -0.2) is 19.8 Å². The van der Waals surface area contributed by atoms with E-state index in [-0.39, 0.29) is 25.8 Å². The summed E-state index contributed by atoms with van der Waals surface area (Å²) in [5.74, 6) is 0.698. The van der Waals surface area contributed by atoms with Crippen molar-refractivity contribution < 1.29 is 25.8 Å². The fraction of sp³-hybridized carbons (Fsp3) is 0.200. The van der Waals surface area contributed by atoms with Crippen LogP contribution in [0.1, 0.15) is 11.1 Å². The van der Waals surface area contributed by atoms with E-state index >= 15 is 0 Å². The number of hydrogen-bond donors (Lipinski definition) is 0. The molecule has 0 saturated heterocycles. The first-order valence-electron chi connectivity index (χ1n) is 7.71. The van der Waals surface area contributed by atoms with Gasteiger partial charge in [-0.1, -0.05) is 0 Å². The zero-order valence-corrected chi connectivity index (χ0v) is 19.3. The Morgan fingerprint density at radius 3 is 2.50 bits per heavy atom. The molecule has 22 heavy (non-hydrogen) atoms. The third kappa shape index (κ3) is 2.99. The Bertz CT molecular complexity index is 733. The van der Waals surface area contributed by atoms with Crippen molar-refractivity contribution in [2.24, 2.45) is 5.92 Å². The van der Waals surface area contributed by atoms with E-state index in [1.165, 1.54) is 21.1 Å². The summed E-state index contributed by atoms with van der Waals surface area (Å²) in [5.41, 5.74) is 6.12. The van der Waals surface area contributed by atoms with Gasteiger partial charge in [-0.05, 0) is 0 Å². The predicted molar refractivity (Wildman–Crippen MR) is 92.5 cm³/mol.